The molecule has 20 heavy (non-hydrogen) atoms. The third-order valence-electron chi connectivity index (χ3n) is 3.33. The van der Waals surface area contributed by atoms with Crippen LogP contribution in [-0.4, -0.2) is 18.2 Å². The molecule has 0 aliphatic heterocycles. The van der Waals surface area contributed by atoms with Crippen LogP contribution in [0.3, 0.4) is 0 Å². The van der Waals surface area contributed by atoms with Crippen LogP contribution >= 0.6 is 0 Å². The van der Waals surface area contributed by atoms with Crippen LogP contribution in [0.1, 0.15) is 23.5 Å². The average Bonchev–Trinajstić information content (AvgIpc) is 2.47. The van der Waals surface area contributed by atoms with Crippen molar-refractivity contribution in [2.24, 2.45) is 0 Å². The summed E-state index contributed by atoms with van der Waals surface area (Å²) in [5, 5.41) is 9.10. The first-order chi connectivity index (χ1) is 9.69. The molecule has 1 unspecified atom stereocenters. The number of carboxylic acids is 1. The van der Waals surface area contributed by atoms with Crippen LogP contribution in [0.2, 0.25) is 0 Å². The number of carbonyl (C=O) groups is 1. The fourth-order valence-electron chi connectivity index (χ4n) is 2.29. The lowest BCUT2D eigenvalue weighted by Gasteiger charge is -2.16. The second kappa shape index (κ2) is 6.75. The lowest BCUT2D eigenvalue weighted by molar-refractivity contribution is -0.137. The van der Waals surface area contributed by atoms with Crippen molar-refractivity contribution in [2.75, 3.05) is 7.11 Å². The number of hydrogen-bond donors (Lipinski definition) is 1. The van der Waals surface area contributed by atoms with Gasteiger partial charge in [0.05, 0.1) is 13.5 Å². The molecule has 3 nitrogen and oxygen atoms in total. The molecule has 2 aromatic rings. The fourth-order valence-corrected chi connectivity index (χ4v) is 2.29. The number of carboxylic acid groups (broad SMARTS) is 1. The zero-order valence-corrected chi connectivity index (χ0v) is 11.5. The molecular weight excluding hydrogens is 252 g/mol. The van der Waals surface area contributed by atoms with E-state index in [1.165, 1.54) is 0 Å². The van der Waals surface area contributed by atoms with Crippen molar-refractivity contribution in [1.29, 1.82) is 0 Å². The summed E-state index contributed by atoms with van der Waals surface area (Å²) in [5.41, 5.74) is 2.17. The average molecular weight is 270 g/mol. The largest absolute Gasteiger partial charge is 0.497 e. The summed E-state index contributed by atoms with van der Waals surface area (Å²) in [6.07, 6.45) is 0.848. The minimum atomic E-state index is -0.776. The van der Waals surface area contributed by atoms with E-state index in [1.54, 1.807) is 7.11 Å². The Kier molecular flexibility index (Phi) is 4.77. The molecule has 0 aliphatic rings. The van der Waals surface area contributed by atoms with Gasteiger partial charge in [0.1, 0.15) is 5.75 Å². The van der Waals surface area contributed by atoms with E-state index in [-0.39, 0.29) is 12.3 Å². The predicted molar refractivity (Wildman–Crippen MR) is 78.1 cm³/mol. The van der Waals surface area contributed by atoms with E-state index in [2.05, 4.69) is 0 Å². The Labute approximate surface area is 118 Å². The third kappa shape index (κ3) is 3.85. The number of aliphatic carboxylic acids is 1. The highest BCUT2D eigenvalue weighted by atomic mass is 16.5. The number of rotatable bonds is 6. The molecule has 2 aromatic carbocycles. The van der Waals surface area contributed by atoms with Crippen LogP contribution in [0.25, 0.3) is 0 Å². The smallest absolute Gasteiger partial charge is 0.303 e. The van der Waals surface area contributed by atoms with Crippen molar-refractivity contribution in [3.8, 4) is 5.75 Å². The van der Waals surface area contributed by atoms with Gasteiger partial charge < -0.3 is 9.84 Å². The molecule has 0 aromatic heterocycles. The van der Waals surface area contributed by atoms with Crippen LogP contribution < -0.4 is 4.74 Å². The van der Waals surface area contributed by atoms with Gasteiger partial charge >= 0.3 is 5.97 Å². The molecule has 0 bridgehead atoms. The van der Waals surface area contributed by atoms with Gasteiger partial charge in [-0.2, -0.15) is 0 Å². The van der Waals surface area contributed by atoms with Crippen LogP contribution in [-0.2, 0) is 11.2 Å². The second-order valence-electron chi connectivity index (χ2n) is 4.76. The molecule has 0 spiro atoms. The summed E-state index contributed by atoms with van der Waals surface area (Å²) >= 11 is 0. The summed E-state index contributed by atoms with van der Waals surface area (Å²) in [6, 6.07) is 17.6. The first-order valence-electron chi connectivity index (χ1n) is 6.58. The fraction of sp³-hybridized carbons (Fsp3) is 0.235. The highest BCUT2D eigenvalue weighted by molar-refractivity contribution is 5.68. The summed E-state index contributed by atoms with van der Waals surface area (Å²) in [4.78, 5) is 11.1. The molecular formula is C17H18O3. The van der Waals surface area contributed by atoms with Crippen LogP contribution in [0, 0.1) is 0 Å². The molecule has 0 radical (unpaired) electrons. The first-order valence-corrected chi connectivity index (χ1v) is 6.58. The molecule has 0 heterocycles. The number of ether oxygens (including phenoxy) is 1. The Bertz CT molecular complexity index is 546. The van der Waals surface area contributed by atoms with Crippen LogP contribution in [0.4, 0.5) is 0 Å². The maximum absolute atomic E-state index is 11.1. The first kappa shape index (κ1) is 14.1. The van der Waals surface area contributed by atoms with Gasteiger partial charge in [-0.25, -0.2) is 0 Å². The van der Waals surface area contributed by atoms with E-state index >= 15 is 0 Å². The molecule has 1 N–H and O–H groups in total. The van der Waals surface area contributed by atoms with E-state index in [0.29, 0.717) is 0 Å². The Hall–Kier alpha value is -2.29. The maximum atomic E-state index is 11.1. The maximum Gasteiger partial charge on any atom is 0.303 e. The number of benzene rings is 2. The summed E-state index contributed by atoms with van der Waals surface area (Å²) in [7, 11) is 1.62. The lowest BCUT2D eigenvalue weighted by atomic mass is 9.89. The van der Waals surface area contributed by atoms with Gasteiger partial charge in [-0.3, -0.25) is 4.79 Å². The lowest BCUT2D eigenvalue weighted by Crippen LogP contribution is -2.09. The van der Waals surface area contributed by atoms with Gasteiger partial charge in [0.25, 0.3) is 0 Å². The number of hydrogen-bond acceptors (Lipinski definition) is 2. The van der Waals surface area contributed by atoms with E-state index < -0.39 is 5.97 Å². The van der Waals surface area contributed by atoms with Crippen LogP contribution in [0.15, 0.2) is 54.6 Å². The van der Waals surface area contributed by atoms with E-state index in [0.717, 1.165) is 23.3 Å². The van der Waals surface area contributed by atoms with Gasteiger partial charge in [-0.05, 0) is 35.6 Å². The minimum Gasteiger partial charge on any atom is -0.497 e. The summed E-state index contributed by atoms with van der Waals surface area (Å²) < 4.78 is 5.13. The summed E-state index contributed by atoms with van der Waals surface area (Å²) in [6.45, 7) is 0. The van der Waals surface area contributed by atoms with E-state index in [1.807, 2.05) is 54.6 Å². The molecule has 1 atom stereocenters. The SMILES string of the molecule is COc1ccc(C(CC(=O)O)Cc2ccccc2)cc1. The van der Waals surface area contributed by atoms with Gasteiger partial charge in [0.2, 0.25) is 0 Å². The quantitative estimate of drug-likeness (QED) is 0.874. The normalized spacial score (nSPS) is 11.8. The van der Waals surface area contributed by atoms with Crippen molar-refractivity contribution in [3.05, 3.63) is 65.7 Å². The molecule has 0 fully saturated rings. The zero-order chi connectivity index (χ0) is 14.4. The monoisotopic (exact) mass is 270 g/mol. The van der Waals surface area contributed by atoms with E-state index in [4.69, 9.17) is 9.84 Å². The van der Waals surface area contributed by atoms with Crippen molar-refractivity contribution < 1.29 is 14.6 Å². The Morgan fingerprint density at radius 2 is 1.75 bits per heavy atom. The van der Waals surface area contributed by atoms with Crippen molar-refractivity contribution >= 4 is 5.97 Å². The molecule has 0 amide bonds. The Morgan fingerprint density at radius 3 is 2.30 bits per heavy atom. The molecule has 0 aliphatic carbocycles. The highest BCUT2D eigenvalue weighted by Gasteiger charge is 2.16. The molecule has 0 saturated heterocycles. The van der Waals surface area contributed by atoms with Gasteiger partial charge in [0, 0.05) is 0 Å². The predicted octanol–water partition coefficient (Wildman–Crippen LogP) is 3.50. The molecule has 2 rings (SSSR count). The van der Waals surface area contributed by atoms with Crippen molar-refractivity contribution in [2.45, 2.75) is 18.8 Å². The molecule has 3 heteroatoms. The van der Waals surface area contributed by atoms with Gasteiger partial charge in [-0.15, -0.1) is 0 Å². The minimum absolute atomic E-state index is 0.0270. The third-order valence-corrected chi connectivity index (χ3v) is 3.33. The number of methoxy groups -OCH3 is 1. The topological polar surface area (TPSA) is 46.5 Å². The second-order valence-corrected chi connectivity index (χ2v) is 4.76. The van der Waals surface area contributed by atoms with E-state index in [9.17, 15) is 4.79 Å². The van der Waals surface area contributed by atoms with Crippen molar-refractivity contribution in [1.82, 2.24) is 0 Å². The molecule has 0 saturated carbocycles. The van der Waals surface area contributed by atoms with Gasteiger partial charge in [-0.1, -0.05) is 42.5 Å². The zero-order valence-electron chi connectivity index (χ0n) is 11.5. The Balaban J connectivity index is 2.19. The Morgan fingerprint density at radius 1 is 1.10 bits per heavy atom. The van der Waals surface area contributed by atoms with Gasteiger partial charge in [0.15, 0.2) is 0 Å². The van der Waals surface area contributed by atoms with Crippen LogP contribution in [0.5, 0.6) is 5.75 Å². The van der Waals surface area contributed by atoms with Crippen molar-refractivity contribution in [3.63, 3.8) is 0 Å². The molecule has 104 valence electrons. The summed E-state index contributed by atoms with van der Waals surface area (Å²) in [5.74, 6) is -0.0231. The standard InChI is InChI=1S/C17H18O3/c1-20-16-9-7-14(8-10-16)15(12-17(18)19)11-13-5-3-2-4-6-13/h2-10,15H,11-12H2,1H3,(H,18,19). The highest BCUT2D eigenvalue weighted by Crippen LogP contribution is 2.26.